The van der Waals surface area contributed by atoms with Crippen molar-refractivity contribution in [2.45, 2.75) is 0 Å². The van der Waals surface area contributed by atoms with Gasteiger partial charge in [0.15, 0.2) is 0 Å². The summed E-state index contributed by atoms with van der Waals surface area (Å²) < 4.78 is 5.74. The van der Waals surface area contributed by atoms with Gasteiger partial charge in [0.05, 0.1) is 0 Å². The summed E-state index contributed by atoms with van der Waals surface area (Å²) in [6.45, 7) is 0. The van der Waals surface area contributed by atoms with Crippen LogP contribution in [0.4, 0.5) is 0 Å². The molecule has 90 valence electrons. The molecule has 0 unspecified atom stereocenters. The highest BCUT2D eigenvalue weighted by molar-refractivity contribution is 5.66. The number of ether oxygens (including phenoxy) is 1. The molecule has 0 aliphatic heterocycles. The van der Waals surface area contributed by atoms with Gasteiger partial charge >= 0.3 is 0 Å². The van der Waals surface area contributed by atoms with Crippen molar-refractivity contribution in [2.24, 2.45) is 0 Å². The van der Waals surface area contributed by atoms with Crippen LogP contribution in [0, 0.1) is 22.7 Å². The maximum absolute atomic E-state index is 8.79. The highest BCUT2D eigenvalue weighted by Crippen LogP contribution is 2.26. The molecular formula is C16H10N2O. The number of rotatable bonds is 3. The lowest BCUT2D eigenvalue weighted by Gasteiger charge is -2.08. The van der Waals surface area contributed by atoms with Crippen LogP contribution in [0.5, 0.6) is 11.5 Å². The summed E-state index contributed by atoms with van der Waals surface area (Å²) in [6, 6.07) is 20.3. The predicted molar refractivity (Wildman–Crippen MR) is 72.2 cm³/mol. The number of para-hydroxylation sites is 2. The highest BCUT2D eigenvalue weighted by atomic mass is 16.5. The van der Waals surface area contributed by atoms with Crippen molar-refractivity contribution < 1.29 is 4.74 Å². The number of nitriles is 2. The molecule has 2 rings (SSSR count). The van der Waals surface area contributed by atoms with Crippen LogP contribution < -0.4 is 4.74 Å². The van der Waals surface area contributed by atoms with Crippen molar-refractivity contribution >= 4 is 6.08 Å². The van der Waals surface area contributed by atoms with E-state index in [2.05, 4.69) is 0 Å². The third-order valence-corrected chi connectivity index (χ3v) is 2.43. The molecule has 0 aromatic heterocycles. The first-order valence-corrected chi connectivity index (χ1v) is 5.67. The Labute approximate surface area is 111 Å². The molecule has 3 heteroatoms. The third-order valence-electron chi connectivity index (χ3n) is 2.43. The van der Waals surface area contributed by atoms with Crippen LogP contribution in [-0.4, -0.2) is 0 Å². The van der Waals surface area contributed by atoms with Crippen molar-refractivity contribution in [3.63, 3.8) is 0 Å². The van der Waals surface area contributed by atoms with Crippen LogP contribution in [0.15, 0.2) is 60.2 Å². The molecule has 0 aliphatic carbocycles. The minimum absolute atomic E-state index is 0.0455. The Morgan fingerprint density at radius 2 is 1.53 bits per heavy atom. The Kier molecular flexibility index (Phi) is 3.95. The van der Waals surface area contributed by atoms with Crippen molar-refractivity contribution in [1.29, 1.82) is 10.5 Å². The molecule has 0 radical (unpaired) electrons. The van der Waals surface area contributed by atoms with Gasteiger partial charge in [0, 0.05) is 5.56 Å². The van der Waals surface area contributed by atoms with Crippen LogP contribution in [-0.2, 0) is 0 Å². The average Bonchev–Trinajstić information content (AvgIpc) is 2.47. The molecule has 0 spiro atoms. The first-order valence-electron chi connectivity index (χ1n) is 5.67. The molecule has 0 heterocycles. The van der Waals surface area contributed by atoms with E-state index in [0.29, 0.717) is 17.1 Å². The summed E-state index contributed by atoms with van der Waals surface area (Å²) in [5.74, 6) is 1.32. The van der Waals surface area contributed by atoms with Crippen molar-refractivity contribution in [1.82, 2.24) is 0 Å². The van der Waals surface area contributed by atoms with Gasteiger partial charge in [-0.1, -0.05) is 36.4 Å². The van der Waals surface area contributed by atoms with Crippen LogP contribution in [0.1, 0.15) is 5.56 Å². The number of nitrogens with zero attached hydrogens (tertiary/aromatic N) is 2. The fraction of sp³-hybridized carbons (Fsp3) is 0. The average molecular weight is 246 g/mol. The minimum atomic E-state index is 0.0455. The van der Waals surface area contributed by atoms with Gasteiger partial charge in [0.2, 0.25) is 0 Å². The monoisotopic (exact) mass is 246 g/mol. The van der Waals surface area contributed by atoms with Gasteiger partial charge < -0.3 is 4.74 Å². The molecule has 0 bridgehead atoms. The zero-order chi connectivity index (χ0) is 13.5. The van der Waals surface area contributed by atoms with Gasteiger partial charge in [0.25, 0.3) is 0 Å². The summed E-state index contributed by atoms with van der Waals surface area (Å²) in [5.41, 5.74) is 0.744. The second-order valence-electron chi connectivity index (χ2n) is 3.73. The molecule has 3 nitrogen and oxygen atoms in total. The number of hydrogen-bond donors (Lipinski definition) is 0. The SMILES string of the molecule is N#CC(C#N)=Cc1ccccc1Oc1ccccc1. The molecule has 0 fully saturated rings. The second-order valence-corrected chi connectivity index (χ2v) is 3.73. The van der Waals surface area contributed by atoms with Crippen LogP contribution in [0.2, 0.25) is 0 Å². The van der Waals surface area contributed by atoms with Crippen molar-refractivity contribution in [3.05, 3.63) is 65.7 Å². The molecule has 0 amide bonds. The Bertz CT molecular complexity index is 660. The van der Waals surface area contributed by atoms with E-state index in [9.17, 15) is 0 Å². The van der Waals surface area contributed by atoms with Gasteiger partial charge in [-0.25, -0.2) is 0 Å². The van der Waals surface area contributed by atoms with Crippen molar-refractivity contribution in [3.8, 4) is 23.6 Å². The molecule has 0 aliphatic rings. The number of benzene rings is 2. The van der Waals surface area contributed by atoms with E-state index in [1.54, 1.807) is 12.1 Å². The molecule has 0 N–H and O–H groups in total. The lowest BCUT2D eigenvalue weighted by Crippen LogP contribution is -1.87. The standard InChI is InChI=1S/C16H10N2O/c17-11-13(12-18)10-14-6-4-5-9-16(14)19-15-7-2-1-3-8-15/h1-10H. The second kappa shape index (κ2) is 6.05. The van der Waals surface area contributed by atoms with E-state index in [1.807, 2.05) is 54.6 Å². The first kappa shape index (κ1) is 12.4. The largest absolute Gasteiger partial charge is 0.457 e. The highest BCUT2D eigenvalue weighted by Gasteiger charge is 2.03. The summed E-state index contributed by atoms with van der Waals surface area (Å²) in [7, 11) is 0. The summed E-state index contributed by atoms with van der Waals surface area (Å²) in [5, 5.41) is 17.6. The Balaban J connectivity index is 2.35. The first-order chi connectivity index (χ1) is 9.33. The third kappa shape index (κ3) is 3.21. The molecule has 0 atom stereocenters. The fourth-order valence-corrected chi connectivity index (χ4v) is 1.55. The van der Waals surface area contributed by atoms with Gasteiger partial charge in [-0.2, -0.15) is 10.5 Å². The summed E-state index contributed by atoms with van der Waals surface area (Å²) in [6.07, 6.45) is 1.51. The van der Waals surface area contributed by atoms with E-state index in [-0.39, 0.29) is 5.57 Å². The van der Waals surface area contributed by atoms with Gasteiger partial charge in [-0.05, 0) is 24.3 Å². The van der Waals surface area contributed by atoms with Crippen LogP contribution in [0.3, 0.4) is 0 Å². The smallest absolute Gasteiger partial charge is 0.134 e. The van der Waals surface area contributed by atoms with Crippen molar-refractivity contribution in [2.75, 3.05) is 0 Å². The number of allylic oxidation sites excluding steroid dienone is 1. The Hall–Kier alpha value is -3.04. The van der Waals surface area contributed by atoms with Gasteiger partial charge in [-0.3, -0.25) is 0 Å². The molecule has 2 aromatic rings. The zero-order valence-electron chi connectivity index (χ0n) is 10.1. The lowest BCUT2D eigenvalue weighted by atomic mass is 10.1. The molecule has 0 saturated carbocycles. The maximum Gasteiger partial charge on any atom is 0.134 e. The van der Waals surface area contributed by atoms with Crippen LogP contribution in [0.25, 0.3) is 6.08 Å². The van der Waals surface area contributed by atoms with Crippen LogP contribution >= 0.6 is 0 Å². The zero-order valence-corrected chi connectivity index (χ0v) is 10.1. The fourth-order valence-electron chi connectivity index (χ4n) is 1.55. The quantitative estimate of drug-likeness (QED) is 0.771. The van der Waals surface area contributed by atoms with E-state index in [0.717, 1.165) is 0 Å². The van der Waals surface area contributed by atoms with Gasteiger partial charge in [-0.15, -0.1) is 0 Å². The maximum atomic E-state index is 8.79. The summed E-state index contributed by atoms with van der Waals surface area (Å²) >= 11 is 0. The van der Waals surface area contributed by atoms with E-state index in [4.69, 9.17) is 15.3 Å². The van der Waals surface area contributed by atoms with Gasteiger partial charge in [0.1, 0.15) is 29.2 Å². The lowest BCUT2D eigenvalue weighted by molar-refractivity contribution is 0.481. The van der Waals surface area contributed by atoms with E-state index >= 15 is 0 Å². The predicted octanol–water partition coefficient (Wildman–Crippen LogP) is 3.91. The Morgan fingerprint density at radius 1 is 0.895 bits per heavy atom. The van der Waals surface area contributed by atoms with E-state index in [1.165, 1.54) is 6.08 Å². The molecule has 2 aromatic carbocycles. The molecular weight excluding hydrogens is 236 g/mol. The topological polar surface area (TPSA) is 56.8 Å². The minimum Gasteiger partial charge on any atom is -0.457 e. The summed E-state index contributed by atoms with van der Waals surface area (Å²) in [4.78, 5) is 0. The van der Waals surface area contributed by atoms with E-state index < -0.39 is 0 Å². The normalized spacial score (nSPS) is 8.95. The number of hydrogen-bond acceptors (Lipinski definition) is 3. The Morgan fingerprint density at radius 3 is 2.21 bits per heavy atom. The molecule has 19 heavy (non-hydrogen) atoms. The molecule has 0 saturated heterocycles.